The van der Waals surface area contributed by atoms with Crippen molar-refractivity contribution in [1.82, 2.24) is 14.3 Å². The van der Waals surface area contributed by atoms with Crippen LogP contribution in [0.5, 0.6) is 17.2 Å². The molecule has 0 spiro atoms. The number of rotatable bonds is 15. The van der Waals surface area contributed by atoms with Gasteiger partial charge in [0.05, 0.1) is 17.5 Å². The number of ether oxygens (including phenoxy) is 3. The zero-order valence-corrected chi connectivity index (χ0v) is 24.6. The lowest BCUT2D eigenvalue weighted by Gasteiger charge is -2.28. The van der Waals surface area contributed by atoms with Crippen LogP contribution in [-0.2, 0) is 16.4 Å². The average molecular weight is 592 g/mol. The molecule has 0 aromatic heterocycles. The van der Waals surface area contributed by atoms with E-state index in [2.05, 4.69) is 4.90 Å². The Hall–Kier alpha value is -3.06. The van der Waals surface area contributed by atoms with Gasteiger partial charge in [0.1, 0.15) is 5.75 Å². The van der Waals surface area contributed by atoms with Gasteiger partial charge in [-0.2, -0.15) is 9.37 Å². The Morgan fingerprint density at radius 2 is 1.78 bits per heavy atom. The second kappa shape index (κ2) is 14.2. The standard InChI is InChI=1S/C29H41N3O8S/c1-22(2)20-31(41(36,37)26-10-11-27-28(19-26)40-21-39-27)16-12-24(32(35)29(33)34)18-23-6-8-25(9-7-23)38-17-5-15-30-13-3-4-14-30/h6-11,19,22,24,35H,3-5,12-18,20-21H2,1-2H3,(H,33,34). The van der Waals surface area contributed by atoms with Crippen LogP contribution in [-0.4, -0.2) is 91.3 Å². The van der Waals surface area contributed by atoms with Gasteiger partial charge < -0.3 is 24.2 Å². The molecule has 1 unspecified atom stereocenters. The fourth-order valence-electron chi connectivity index (χ4n) is 5.14. The summed E-state index contributed by atoms with van der Waals surface area (Å²) in [6, 6.07) is 11.0. The molecule has 226 valence electrons. The van der Waals surface area contributed by atoms with E-state index in [1.54, 1.807) is 6.07 Å². The Bertz CT molecular complexity index is 1250. The summed E-state index contributed by atoms with van der Waals surface area (Å²) in [7, 11) is -3.92. The molecule has 2 aromatic rings. The number of nitrogens with zero attached hydrogens (tertiary/aromatic N) is 3. The number of amides is 1. The number of carbonyl (C=O) groups is 1. The Balaban J connectivity index is 1.39. The van der Waals surface area contributed by atoms with E-state index >= 15 is 0 Å². The lowest BCUT2D eigenvalue weighted by atomic mass is 10.0. The zero-order chi connectivity index (χ0) is 29.4. The Kier molecular flexibility index (Phi) is 10.7. The first-order valence-electron chi connectivity index (χ1n) is 14.2. The van der Waals surface area contributed by atoms with Gasteiger partial charge in [0.15, 0.2) is 11.5 Å². The third kappa shape index (κ3) is 8.48. The number of benzene rings is 2. The molecule has 1 atom stereocenters. The topological polar surface area (TPSA) is 129 Å². The van der Waals surface area contributed by atoms with E-state index in [0.29, 0.717) is 18.1 Å². The van der Waals surface area contributed by atoms with Gasteiger partial charge in [-0.05, 0) is 80.9 Å². The van der Waals surface area contributed by atoms with Gasteiger partial charge >= 0.3 is 6.09 Å². The number of fused-ring (bicyclic) bond motifs is 1. The van der Waals surface area contributed by atoms with Crippen LogP contribution in [0, 0.1) is 5.92 Å². The van der Waals surface area contributed by atoms with Gasteiger partial charge in [-0.15, -0.1) is 0 Å². The first kappa shape index (κ1) is 30.9. The van der Waals surface area contributed by atoms with Crippen molar-refractivity contribution in [3.05, 3.63) is 48.0 Å². The summed E-state index contributed by atoms with van der Waals surface area (Å²) in [5.41, 5.74) is 0.800. The highest BCUT2D eigenvalue weighted by Gasteiger charge is 2.30. The first-order valence-corrected chi connectivity index (χ1v) is 15.6. The Morgan fingerprint density at radius 1 is 1.07 bits per heavy atom. The van der Waals surface area contributed by atoms with Crippen LogP contribution in [0.25, 0.3) is 0 Å². The molecule has 2 heterocycles. The molecule has 0 radical (unpaired) electrons. The summed E-state index contributed by atoms with van der Waals surface area (Å²) >= 11 is 0. The minimum atomic E-state index is -3.92. The molecule has 0 aliphatic carbocycles. The number of sulfonamides is 1. The van der Waals surface area contributed by atoms with Gasteiger partial charge in [-0.3, -0.25) is 5.21 Å². The predicted octanol–water partition coefficient (Wildman–Crippen LogP) is 4.30. The monoisotopic (exact) mass is 591 g/mol. The molecule has 2 aliphatic rings. The summed E-state index contributed by atoms with van der Waals surface area (Å²) in [5.74, 6) is 1.59. The van der Waals surface area contributed by atoms with Crippen molar-refractivity contribution in [2.45, 2.75) is 56.9 Å². The van der Waals surface area contributed by atoms with Crippen molar-refractivity contribution in [3.8, 4) is 17.2 Å². The smallest absolute Gasteiger partial charge is 0.431 e. The van der Waals surface area contributed by atoms with Crippen LogP contribution >= 0.6 is 0 Å². The van der Waals surface area contributed by atoms with Crippen molar-refractivity contribution in [2.75, 3.05) is 46.1 Å². The summed E-state index contributed by atoms with van der Waals surface area (Å²) < 4.78 is 45.0. The van der Waals surface area contributed by atoms with Crippen molar-refractivity contribution >= 4 is 16.1 Å². The molecule has 0 saturated carbocycles. The fourth-order valence-corrected chi connectivity index (χ4v) is 6.78. The normalized spacial score (nSPS) is 15.9. The maximum absolute atomic E-state index is 13.6. The first-order chi connectivity index (χ1) is 19.6. The lowest BCUT2D eigenvalue weighted by molar-refractivity contribution is -0.0984. The number of hydrogen-bond acceptors (Lipinski definition) is 8. The van der Waals surface area contributed by atoms with Crippen LogP contribution in [0.3, 0.4) is 0 Å². The molecule has 1 amide bonds. The second-order valence-electron chi connectivity index (χ2n) is 10.9. The van der Waals surface area contributed by atoms with E-state index in [1.807, 2.05) is 38.1 Å². The molecule has 0 bridgehead atoms. The minimum absolute atomic E-state index is 0.0160. The van der Waals surface area contributed by atoms with E-state index < -0.39 is 22.2 Å². The van der Waals surface area contributed by atoms with Gasteiger partial charge in [-0.25, -0.2) is 13.2 Å². The third-order valence-electron chi connectivity index (χ3n) is 7.28. The number of carboxylic acid groups (broad SMARTS) is 1. The molecule has 1 fully saturated rings. The SMILES string of the molecule is CC(C)CN(CCC(Cc1ccc(OCCCN2CCCC2)cc1)N(O)C(=O)O)S(=O)(=O)c1ccc2c(c1)OCO2. The lowest BCUT2D eigenvalue weighted by Crippen LogP contribution is -2.42. The molecule has 41 heavy (non-hydrogen) atoms. The predicted molar refractivity (Wildman–Crippen MR) is 152 cm³/mol. The molecule has 2 aromatic carbocycles. The highest BCUT2D eigenvalue weighted by molar-refractivity contribution is 7.89. The third-order valence-corrected chi connectivity index (χ3v) is 9.15. The maximum Gasteiger partial charge on any atom is 0.431 e. The average Bonchev–Trinajstić information content (AvgIpc) is 3.64. The summed E-state index contributed by atoms with van der Waals surface area (Å²) in [4.78, 5) is 14.2. The Labute approximate surface area is 242 Å². The van der Waals surface area contributed by atoms with Crippen molar-refractivity contribution in [2.24, 2.45) is 5.92 Å². The van der Waals surface area contributed by atoms with E-state index in [-0.39, 0.29) is 48.6 Å². The molecular weight excluding hydrogens is 550 g/mol. The van der Waals surface area contributed by atoms with Crippen LogP contribution in [0.15, 0.2) is 47.4 Å². The summed E-state index contributed by atoms with van der Waals surface area (Å²) in [6.07, 6.45) is 2.28. The van der Waals surface area contributed by atoms with Crippen LogP contribution in [0.1, 0.15) is 45.1 Å². The second-order valence-corrected chi connectivity index (χ2v) is 12.9. The highest BCUT2D eigenvalue weighted by Crippen LogP contribution is 2.35. The van der Waals surface area contributed by atoms with Gasteiger partial charge in [-0.1, -0.05) is 26.0 Å². The molecule has 11 nitrogen and oxygen atoms in total. The van der Waals surface area contributed by atoms with Crippen LogP contribution < -0.4 is 14.2 Å². The quantitative estimate of drug-likeness (QED) is 0.177. The number of likely N-dealkylation sites (tertiary alicyclic amines) is 1. The summed E-state index contributed by atoms with van der Waals surface area (Å²) in [6.45, 7) is 8.06. The number of hydrogen-bond donors (Lipinski definition) is 2. The molecule has 1 saturated heterocycles. The zero-order valence-electron chi connectivity index (χ0n) is 23.8. The van der Waals surface area contributed by atoms with Crippen molar-refractivity contribution < 1.29 is 37.7 Å². The molecule has 4 rings (SSSR count). The largest absolute Gasteiger partial charge is 0.494 e. The van der Waals surface area contributed by atoms with Gasteiger partial charge in [0, 0.05) is 25.7 Å². The van der Waals surface area contributed by atoms with Crippen LogP contribution in [0.2, 0.25) is 0 Å². The van der Waals surface area contributed by atoms with Gasteiger partial charge in [0.2, 0.25) is 16.8 Å². The maximum atomic E-state index is 13.6. The number of hydroxylamine groups is 2. The van der Waals surface area contributed by atoms with Crippen molar-refractivity contribution in [3.63, 3.8) is 0 Å². The minimum Gasteiger partial charge on any atom is -0.494 e. The fraction of sp³-hybridized carbons (Fsp3) is 0.552. The molecule has 2 aliphatic heterocycles. The van der Waals surface area contributed by atoms with E-state index in [1.165, 1.54) is 29.3 Å². The Morgan fingerprint density at radius 3 is 2.46 bits per heavy atom. The van der Waals surface area contributed by atoms with Crippen LogP contribution in [0.4, 0.5) is 4.79 Å². The van der Waals surface area contributed by atoms with Crippen molar-refractivity contribution in [1.29, 1.82) is 0 Å². The van der Waals surface area contributed by atoms with Gasteiger partial charge in [0.25, 0.3) is 0 Å². The van der Waals surface area contributed by atoms with E-state index in [0.717, 1.165) is 37.4 Å². The molecule has 2 N–H and O–H groups in total. The molecule has 12 heteroatoms. The molecular formula is C29H41N3O8S. The van der Waals surface area contributed by atoms with E-state index in [9.17, 15) is 23.5 Å². The highest BCUT2D eigenvalue weighted by atomic mass is 32.2. The van der Waals surface area contributed by atoms with E-state index in [4.69, 9.17) is 14.2 Å². The summed E-state index contributed by atoms with van der Waals surface area (Å²) in [5, 5.41) is 20.1.